The quantitative estimate of drug-likeness (QED) is 0.462. The van der Waals surface area contributed by atoms with Crippen molar-refractivity contribution in [2.24, 2.45) is 0 Å². The van der Waals surface area contributed by atoms with E-state index < -0.39 is 32.0 Å². The average molecular weight is 503 g/mol. The Kier molecular flexibility index (Phi) is 7.57. The summed E-state index contributed by atoms with van der Waals surface area (Å²) in [7, 11) is -7.62. The molecule has 0 spiro atoms. The molecule has 3 rings (SSSR count). The lowest BCUT2D eigenvalue weighted by Gasteiger charge is -2.30. The molecule has 0 fully saturated rings. The van der Waals surface area contributed by atoms with Crippen molar-refractivity contribution in [1.29, 1.82) is 0 Å². The van der Waals surface area contributed by atoms with E-state index in [0.717, 1.165) is 16.1 Å². The summed E-state index contributed by atoms with van der Waals surface area (Å²) in [4.78, 5) is 17.0. The Hall–Kier alpha value is -3.44. The van der Waals surface area contributed by atoms with E-state index in [1.54, 1.807) is 43.3 Å². The zero-order valence-corrected chi connectivity index (χ0v) is 20.6. The Bertz CT molecular complexity index is 1340. The molecular weight excluding hydrogens is 476 g/mol. The normalized spacial score (nSPS) is 12.6. The van der Waals surface area contributed by atoms with Crippen LogP contribution in [0.3, 0.4) is 0 Å². The van der Waals surface area contributed by atoms with Gasteiger partial charge >= 0.3 is 0 Å². The van der Waals surface area contributed by atoms with Crippen molar-refractivity contribution in [3.8, 4) is 0 Å². The number of anilines is 3. The van der Waals surface area contributed by atoms with Gasteiger partial charge in [-0.3, -0.25) is 13.8 Å². The number of carbonyl (C=O) groups is 1. The molecule has 0 radical (unpaired) electrons. The van der Waals surface area contributed by atoms with E-state index >= 15 is 0 Å². The Morgan fingerprint density at radius 1 is 0.971 bits per heavy atom. The van der Waals surface area contributed by atoms with Crippen LogP contribution >= 0.6 is 0 Å². The highest BCUT2D eigenvalue weighted by Crippen LogP contribution is 2.24. The lowest BCUT2D eigenvalue weighted by atomic mass is 10.1. The molecule has 11 heteroatoms. The van der Waals surface area contributed by atoms with Gasteiger partial charge in [-0.2, -0.15) is 0 Å². The van der Waals surface area contributed by atoms with Crippen molar-refractivity contribution in [2.75, 3.05) is 20.6 Å². The molecule has 2 aromatic carbocycles. The van der Waals surface area contributed by atoms with Gasteiger partial charge in [-0.05, 0) is 61.9 Å². The summed E-state index contributed by atoms with van der Waals surface area (Å²) in [5.74, 6) is -0.349. The maximum atomic E-state index is 13.0. The number of hydrogen-bond acceptors (Lipinski definition) is 6. The van der Waals surface area contributed by atoms with E-state index in [9.17, 15) is 21.6 Å². The van der Waals surface area contributed by atoms with Gasteiger partial charge in [0.15, 0.2) is 0 Å². The van der Waals surface area contributed by atoms with Gasteiger partial charge in [0.25, 0.3) is 10.0 Å². The first-order chi connectivity index (χ1) is 16.0. The summed E-state index contributed by atoms with van der Waals surface area (Å²) < 4.78 is 53.7. The lowest BCUT2D eigenvalue weighted by molar-refractivity contribution is -0.117. The molecule has 9 nitrogen and oxygen atoms in total. The molecular formula is C23H26N4O5S2. The zero-order chi connectivity index (χ0) is 24.9. The molecule has 2 N–H and O–H groups in total. The number of nitrogens with zero attached hydrogens (tertiary/aromatic N) is 2. The zero-order valence-electron chi connectivity index (χ0n) is 19.0. The number of benzene rings is 2. The van der Waals surface area contributed by atoms with Crippen molar-refractivity contribution in [3.05, 3.63) is 78.5 Å². The molecule has 34 heavy (non-hydrogen) atoms. The summed E-state index contributed by atoms with van der Waals surface area (Å²) in [6.45, 7) is 3.60. The van der Waals surface area contributed by atoms with Crippen LogP contribution in [0.5, 0.6) is 0 Å². The van der Waals surface area contributed by atoms with Gasteiger partial charge in [0.1, 0.15) is 11.9 Å². The van der Waals surface area contributed by atoms with Crippen molar-refractivity contribution in [1.82, 2.24) is 4.98 Å². The number of carbonyl (C=O) groups excluding carboxylic acids is 1. The van der Waals surface area contributed by atoms with Crippen LogP contribution in [0.25, 0.3) is 0 Å². The third kappa shape index (κ3) is 6.12. The van der Waals surface area contributed by atoms with E-state index in [1.807, 2.05) is 6.92 Å². The number of aryl methyl sites for hydroxylation is 1. The van der Waals surface area contributed by atoms with Crippen LogP contribution < -0.4 is 14.3 Å². The van der Waals surface area contributed by atoms with Gasteiger partial charge in [0.2, 0.25) is 15.9 Å². The second-order valence-electron chi connectivity index (χ2n) is 7.65. The number of amides is 1. The molecule has 1 amide bonds. The summed E-state index contributed by atoms with van der Waals surface area (Å²) >= 11 is 0. The highest BCUT2D eigenvalue weighted by Gasteiger charge is 2.31. The van der Waals surface area contributed by atoms with Crippen LogP contribution in [-0.2, 0) is 24.8 Å². The van der Waals surface area contributed by atoms with Crippen LogP contribution in [0.15, 0.2) is 77.8 Å². The number of pyridine rings is 1. The largest absolute Gasteiger partial charge is 0.324 e. The molecule has 0 aliphatic rings. The van der Waals surface area contributed by atoms with Gasteiger partial charge in [0, 0.05) is 11.9 Å². The van der Waals surface area contributed by atoms with Gasteiger partial charge < -0.3 is 5.32 Å². The molecule has 0 saturated heterocycles. The highest BCUT2D eigenvalue weighted by atomic mass is 32.2. The minimum absolute atomic E-state index is 0.0133. The third-order valence-electron chi connectivity index (χ3n) is 4.95. The molecule has 180 valence electrons. The minimum atomic E-state index is -3.86. The van der Waals surface area contributed by atoms with Crippen LogP contribution in [0.1, 0.15) is 18.9 Å². The molecule has 0 unspecified atom stereocenters. The van der Waals surface area contributed by atoms with E-state index in [0.29, 0.717) is 11.4 Å². The predicted molar refractivity (Wildman–Crippen MR) is 133 cm³/mol. The maximum Gasteiger partial charge on any atom is 0.263 e. The molecule has 0 aliphatic carbocycles. The van der Waals surface area contributed by atoms with Crippen LogP contribution in [-0.4, -0.2) is 40.0 Å². The Morgan fingerprint density at radius 2 is 1.62 bits per heavy atom. The summed E-state index contributed by atoms with van der Waals surface area (Å²) in [6.07, 6.45) is 2.75. The SMILES string of the molecule is CC[C@@H](C(=O)Nc1ccc(S(=O)(=O)Nc2ccccn2)cc1)N(c1ccc(C)cc1)S(C)(=O)=O. The topological polar surface area (TPSA) is 126 Å². The van der Waals surface area contributed by atoms with Crippen LogP contribution in [0.2, 0.25) is 0 Å². The Balaban J connectivity index is 1.79. The molecule has 3 aromatic rings. The van der Waals surface area contributed by atoms with Crippen LogP contribution in [0.4, 0.5) is 17.2 Å². The van der Waals surface area contributed by atoms with E-state index in [-0.39, 0.29) is 17.1 Å². The first-order valence-corrected chi connectivity index (χ1v) is 13.8. The fourth-order valence-electron chi connectivity index (χ4n) is 3.31. The number of rotatable bonds is 9. The molecule has 1 aromatic heterocycles. The predicted octanol–water partition coefficient (Wildman–Crippen LogP) is 3.37. The third-order valence-corrected chi connectivity index (χ3v) is 7.50. The van der Waals surface area contributed by atoms with Gasteiger partial charge in [-0.1, -0.05) is 30.7 Å². The molecule has 0 bridgehead atoms. The van der Waals surface area contributed by atoms with Crippen molar-refractivity contribution < 1.29 is 21.6 Å². The van der Waals surface area contributed by atoms with E-state index in [2.05, 4.69) is 15.0 Å². The Morgan fingerprint density at radius 3 is 2.15 bits per heavy atom. The second-order valence-corrected chi connectivity index (χ2v) is 11.2. The van der Waals surface area contributed by atoms with Gasteiger partial charge in [-0.15, -0.1) is 0 Å². The van der Waals surface area contributed by atoms with Crippen molar-refractivity contribution >= 4 is 43.1 Å². The molecule has 0 aliphatic heterocycles. The number of aromatic nitrogens is 1. The van der Waals surface area contributed by atoms with Gasteiger partial charge in [0.05, 0.1) is 16.8 Å². The average Bonchev–Trinajstić information content (AvgIpc) is 2.78. The van der Waals surface area contributed by atoms with Gasteiger partial charge in [-0.25, -0.2) is 21.8 Å². The van der Waals surface area contributed by atoms with E-state index in [4.69, 9.17) is 0 Å². The summed E-state index contributed by atoms with van der Waals surface area (Å²) in [5.41, 5.74) is 1.68. The summed E-state index contributed by atoms with van der Waals surface area (Å²) in [6, 6.07) is 16.3. The van der Waals surface area contributed by atoms with Crippen LogP contribution in [0, 0.1) is 6.92 Å². The number of hydrogen-bond donors (Lipinski definition) is 2. The monoisotopic (exact) mass is 502 g/mol. The lowest BCUT2D eigenvalue weighted by Crippen LogP contribution is -2.47. The summed E-state index contributed by atoms with van der Waals surface area (Å²) in [5, 5.41) is 2.68. The molecule has 1 heterocycles. The minimum Gasteiger partial charge on any atom is -0.324 e. The fraction of sp³-hybridized carbons (Fsp3) is 0.217. The second kappa shape index (κ2) is 10.2. The molecule has 0 saturated carbocycles. The smallest absolute Gasteiger partial charge is 0.263 e. The fourth-order valence-corrected chi connectivity index (χ4v) is 5.53. The molecule has 1 atom stereocenters. The van der Waals surface area contributed by atoms with E-state index in [1.165, 1.54) is 36.5 Å². The number of nitrogens with one attached hydrogen (secondary N) is 2. The first kappa shape index (κ1) is 25.2. The first-order valence-electron chi connectivity index (χ1n) is 10.4. The number of sulfonamides is 2. The highest BCUT2D eigenvalue weighted by molar-refractivity contribution is 7.92. The Labute approximate surface area is 199 Å². The maximum absolute atomic E-state index is 13.0. The van der Waals surface area contributed by atoms with Crippen molar-refractivity contribution in [2.45, 2.75) is 31.2 Å². The standard InChI is InChI=1S/C23H26N4O5S2/c1-4-21(27(33(3,29)30)19-12-8-17(2)9-13-19)23(28)25-18-10-14-20(15-11-18)34(31,32)26-22-7-5-6-16-24-22/h5-16,21H,4H2,1-3H3,(H,24,26)(H,25,28)/t21-/m0/s1. The van der Waals surface area contributed by atoms with Crippen molar-refractivity contribution in [3.63, 3.8) is 0 Å².